The highest BCUT2D eigenvalue weighted by Crippen LogP contribution is 2.32. The van der Waals surface area contributed by atoms with Gasteiger partial charge in [-0.25, -0.2) is 19.2 Å². The summed E-state index contributed by atoms with van der Waals surface area (Å²) in [6, 6.07) is 5.92. The van der Waals surface area contributed by atoms with Crippen LogP contribution in [0.4, 0.5) is 19.1 Å². The Morgan fingerprint density at radius 1 is 1.19 bits per heavy atom. The molecular formula is C18H11BrCl2F3N7O. The summed E-state index contributed by atoms with van der Waals surface area (Å²) in [6.45, 7) is 1.72. The minimum Gasteiger partial charge on any atom is -0.288 e. The van der Waals surface area contributed by atoms with E-state index in [-0.39, 0.29) is 27.5 Å². The molecule has 3 aromatic heterocycles. The summed E-state index contributed by atoms with van der Waals surface area (Å²) in [5, 5.41) is 11.1. The molecule has 0 aliphatic rings. The van der Waals surface area contributed by atoms with E-state index in [1.807, 2.05) is 0 Å². The zero-order chi connectivity index (χ0) is 23.2. The molecule has 0 aliphatic heterocycles. The summed E-state index contributed by atoms with van der Waals surface area (Å²) in [5.74, 6) is -0.861. The smallest absolute Gasteiger partial charge is 0.288 e. The van der Waals surface area contributed by atoms with Gasteiger partial charge in [-0.05, 0) is 46.6 Å². The van der Waals surface area contributed by atoms with Gasteiger partial charge < -0.3 is 0 Å². The number of carbonyl (C=O) groups is 1. The SMILES string of the molecule is Cc1cc(C(F)(F)F)n2nc(C(=O)Nc3ncn(Cc4ccc(Cl)c(Cl)c4)n3)c(Br)c2n1. The lowest BCUT2D eigenvalue weighted by Crippen LogP contribution is -2.16. The summed E-state index contributed by atoms with van der Waals surface area (Å²) in [6.07, 6.45) is -3.31. The van der Waals surface area contributed by atoms with E-state index in [0.29, 0.717) is 21.1 Å². The quantitative estimate of drug-likeness (QED) is 0.387. The Morgan fingerprint density at radius 2 is 1.94 bits per heavy atom. The fourth-order valence-corrected chi connectivity index (χ4v) is 3.71. The van der Waals surface area contributed by atoms with Crippen molar-refractivity contribution in [3.63, 3.8) is 0 Å². The number of aromatic nitrogens is 6. The number of hydrogen-bond donors (Lipinski definition) is 1. The number of carbonyl (C=O) groups excluding carboxylic acids is 1. The third-order valence-electron chi connectivity index (χ3n) is 4.26. The number of fused-ring (bicyclic) bond motifs is 1. The van der Waals surface area contributed by atoms with E-state index in [9.17, 15) is 18.0 Å². The molecule has 166 valence electrons. The average Bonchev–Trinajstić information content (AvgIpc) is 3.28. The van der Waals surface area contributed by atoms with Gasteiger partial charge in [-0.1, -0.05) is 29.3 Å². The van der Waals surface area contributed by atoms with Gasteiger partial charge in [0.25, 0.3) is 5.91 Å². The summed E-state index contributed by atoms with van der Waals surface area (Å²) in [7, 11) is 0. The van der Waals surface area contributed by atoms with Crippen LogP contribution >= 0.6 is 39.1 Å². The van der Waals surface area contributed by atoms with Crippen molar-refractivity contribution in [3.8, 4) is 0 Å². The molecule has 0 saturated heterocycles. The second kappa shape index (κ2) is 8.34. The Balaban J connectivity index is 1.58. The highest BCUT2D eigenvalue weighted by Gasteiger charge is 2.36. The third kappa shape index (κ3) is 4.43. The monoisotopic (exact) mass is 547 g/mol. The van der Waals surface area contributed by atoms with E-state index in [1.54, 1.807) is 18.2 Å². The third-order valence-corrected chi connectivity index (χ3v) is 5.73. The summed E-state index contributed by atoms with van der Waals surface area (Å²) < 4.78 is 42.1. The first-order valence-corrected chi connectivity index (χ1v) is 10.4. The van der Waals surface area contributed by atoms with E-state index >= 15 is 0 Å². The number of rotatable bonds is 4. The molecular weight excluding hydrogens is 538 g/mol. The molecule has 0 atom stereocenters. The zero-order valence-electron chi connectivity index (χ0n) is 16.0. The van der Waals surface area contributed by atoms with Crippen LogP contribution in [0.5, 0.6) is 0 Å². The number of alkyl halides is 3. The Bertz CT molecular complexity index is 1350. The second-order valence-corrected chi connectivity index (χ2v) is 8.25. The number of nitrogens with one attached hydrogen (secondary N) is 1. The van der Waals surface area contributed by atoms with E-state index < -0.39 is 17.8 Å². The molecule has 3 heterocycles. The lowest BCUT2D eigenvalue weighted by Gasteiger charge is -2.09. The minimum atomic E-state index is -4.68. The van der Waals surface area contributed by atoms with Gasteiger partial charge in [-0.15, -0.1) is 5.10 Å². The van der Waals surface area contributed by atoms with Gasteiger partial charge in [0.2, 0.25) is 5.95 Å². The van der Waals surface area contributed by atoms with Crippen LogP contribution in [-0.2, 0) is 12.7 Å². The highest BCUT2D eigenvalue weighted by atomic mass is 79.9. The zero-order valence-corrected chi connectivity index (χ0v) is 19.1. The Hall–Kier alpha value is -2.70. The number of benzene rings is 1. The molecule has 1 amide bonds. The van der Waals surface area contributed by atoms with Crippen LogP contribution < -0.4 is 5.32 Å². The normalized spacial score (nSPS) is 11.8. The van der Waals surface area contributed by atoms with Crippen LogP contribution in [-0.4, -0.2) is 35.3 Å². The first kappa shape index (κ1) is 22.5. The molecule has 0 bridgehead atoms. The number of amides is 1. The van der Waals surface area contributed by atoms with Crippen molar-refractivity contribution >= 4 is 56.6 Å². The molecule has 4 aromatic rings. The Labute approximate surface area is 196 Å². The van der Waals surface area contributed by atoms with Crippen LogP contribution in [0.3, 0.4) is 0 Å². The molecule has 0 aliphatic carbocycles. The number of anilines is 1. The Morgan fingerprint density at radius 3 is 2.62 bits per heavy atom. The average molecular weight is 549 g/mol. The lowest BCUT2D eigenvalue weighted by atomic mass is 10.2. The summed E-state index contributed by atoms with van der Waals surface area (Å²) in [4.78, 5) is 20.7. The first-order chi connectivity index (χ1) is 15.0. The van der Waals surface area contributed by atoms with Crippen LogP contribution in [0, 0.1) is 6.92 Å². The van der Waals surface area contributed by atoms with E-state index in [1.165, 1.54) is 17.9 Å². The van der Waals surface area contributed by atoms with Crippen molar-refractivity contribution in [2.24, 2.45) is 0 Å². The molecule has 8 nitrogen and oxygen atoms in total. The standard InChI is InChI=1S/C18H11BrCl2F3N7O/c1-8-4-12(18(22,23)24)31-15(26-8)13(19)14(28-31)16(32)27-17-25-7-30(29-17)6-9-2-3-10(20)11(21)5-9/h2-5,7H,6H2,1H3,(H,27,29,32). The predicted octanol–water partition coefficient (Wildman–Crippen LogP) is 5.02. The molecule has 14 heteroatoms. The van der Waals surface area contributed by atoms with Crippen molar-refractivity contribution in [2.45, 2.75) is 19.6 Å². The number of aryl methyl sites for hydroxylation is 1. The maximum absolute atomic E-state index is 13.4. The Kier molecular flexibility index (Phi) is 5.86. The first-order valence-electron chi connectivity index (χ1n) is 8.80. The van der Waals surface area contributed by atoms with Crippen molar-refractivity contribution < 1.29 is 18.0 Å². The van der Waals surface area contributed by atoms with E-state index in [4.69, 9.17) is 23.2 Å². The topological polar surface area (TPSA) is 90.0 Å². The number of halogens is 6. The van der Waals surface area contributed by atoms with Gasteiger partial charge in [-0.3, -0.25) is 10.1 Å². The van der Waals surface area contributed by atoms with Gasteiger partial charge in [0.1, 0.15) is 12.0 Å². The molecule has 0 saturated carbocycles. The van der Waals surface area contributed by atoms with Crippen molar-refractivity contribution in [1.29, 1.82) is 0 Å². The second-order valence-electron chi connectivity index (χ2n) is 6.65. The van der Waals surface area contributed by atoms with Crippen LogP contribution in [0.15, 0.2) is 35.1 Å². The van der Waals surface area contributed by atoms with Gasteiger partial charge in [-0.2, -0.15) is 18.3 Å². The fraction of sp³-hybridized carbons (Fsp3) is 0.167. The van der Waals surface area contributed by atoms with Crippen LogP contribution in [0.1, 0.15) is 27.4 Å². The van der Waals surface area contributed by atoms with Gasteiger partial charge >= 0.3 is 6.18 Å². The number of nitrogens with zero attached hydrogens (tertiary/aromatic N) is 6. The van der Waals surface area contributed by atoms with Gasteiger partial charge in [0, 0.05) is 5.69 Å². The van der Waals surface area contributed by atoms with Gasteiger partial charge in [0.05, 0.1) is 21.1 Å². The largest absolute Gasteiger partial charge is 0.433 e. The van der Waals surface area contributed by atoms with Gasteiger partial charge in [0.15, 0.2) is 11.3 Å². The maximum Gasteiger partial charge on any atom is 0.433 e. The van der Waals surface area contributed by atoms with Crippen molar-refractivity contribution in [1.82, 2.24) is 29.4 Å². The molecule has 0 unspecified atom stereocenters. The van der Waals surface area contributed by atoms with E-state index in [0.717, 1.165) is 11.6 Å². The molecule has 1 aromatic carbocycles. The molecule has 4 rings (SSSR count). The lowest BCUT2D eigenvalue weighted by molar-refractivity contribution is -0.142. The van der Waals surface area contributed by atoms with E-state index in [2.05, 4.69) is 41.4 Å². The van der Waals surface area contributed by atoms with Crippen LogP contribution in [0.25, 0.3) is 5.65 Å². The molecule has 0 fully saturated rings. The highest BCUT2D eigenvalue weighted by molar-refractivity contribution is 9.10. The molecule has 32 heavy (non-hydrogen) atoms. The molecule has 0 radical (unpaired) electrons. The maximum atomic E-state index is 13.4. The van der Waals surface area contributed by atoms with Crippen molar-refractivity contribution in [2.75, 3.05) is 5.32 Å². The summed E-state index contributed by atoms with van der Waals surface area (Å²) in [5.41, 5.74) is -0.565. The van der Waals surface area contributed by atoms with Crippen LogP contribution in [0.2, 0.25) is 10.0 Å². The minimum absolute atomic E-state index is 0.0134. The molecule has 0 spiro atoms. The predicted molar refractivity (Wildman–Crippen MR) is 114 cm³/mol. The number of hydrogen-bond acceptors (Lipinski definition) is 5. The summed E-state index contributed by atoms with van der Waals surface area (Å²) >= 11 is 15.0. The van der Waals surface area contributed by atoms with Crippen molar-refractivity contribution in [3.05, 3.63) is 67.8 Å². The molecule has 1 N–H and O–H groups in total. The fourth-order valence-electron chi connectivity index (χ4n) is 2.87.